The molecule has 0 spiro atoms. The third kappa shape index (κ3) is 2.82. The van der Waals surface area contributed by atoms with Gasteiger partial charge in [0.15, 0.2) is 0 Å². The van der Waals surface area contributed by atoms with E-state index in [2.05, 4.69) is 18.9 Å². The molecular weight excluding hydrogens is 200 g/mol. The van der Waals surface area contributed by atoms with Gasteiger partial charge in [0.2, 0.25) is 0 Å². The Kier molecular flexibility index (Phi) is 4.49. The van der Waals surface area contributed by atoms with Crippen LogP contribution in [0, 0.1) is 0 Å². The van der Waals surface area contributed by atoms with Crippen LogP contribution >= 0.6 is 24.0 Å². The van der Waals surface area contributed by atoms with Gasteiger partial charge in [-0.05, 0) is 25.6 Å². The molecule has 0 bridgehead atoms. The van der Waals surface area contributed by atoms with Crippen LogP contribution in [0.5, 0.6) is 0 Å². The molecule has 1 rings (SSSR count). The maximum absolute atomic E-state index is 5.70. The lowest BCUT2D eigenvalue weighted by Crippen LogP contribution is -2.46. The van der Waals surface area contributed by atoms with Gasteiger partial charge in [0.05, 0.1) is 11.0 Å². The van der Waals surface area contributed by atoms with Crippen molar-refractivity contribution in [3.05, 3.63) is 0 Å². The lowest BCUT2D eigenvalue weighted by molar-refractivity contribution is 0.228. The van der Waals surface area contributed by atoms with E-state index in [-0.39, 0.29) is 0 Å². The summed E-state index contributed by atoms with van der Waals surface area (Å²) in [6.45, 7) is 2.14. The molecule has 2 unspecified atom stereocenters. The number of hydrogen-bond donors (Lipinski definition) is 1. The van der Waals surface area contributed by atoms with Gasteiger partial charge in [-0.2, -0.15) is 11.8 Å². The van der Waals surface area contributed by atoms with E-state index in [9.17, 15) is 0 Å². The van der Waals surface area contributed by atoms with Crippen molar-refractivity contribution >= 4 is 29.0 Å². The number of nitrogens with zero attached hydrogens (tertiary/aromatic N) is 1. The largest absolute Gasteiger partial charge is 0.392 e. The van der Waals surface area contributed by atoms with Crippen molar-refractivity contribution in [2.45, 2.75) is 31.8 Å². The van der Waals surface area contributed by atoms with Gasteiger partial charge in [-0.15, -0.1) is 0 Å². The van der Waals surface area contributed by atoms with E-state index in [1.807, 2.05) is 11.8 Å². The molecule has 4 heteroatoms. The molecule has 2 nitrogen and oxygen atoms in total. The Bertz CT molecular complexity index is 178. The number of nitrogens with two attached hydrogens (primary N) is 1. The number of thioether (sulfide) groups is 1. The highest BCUT2D eigenvalue weighted by atomic mass is 32.2. The first-order valence-corrected chi connectivity index (χ1v) is 6.32. The second-order valence-electron chi connectivity index (χ2n) is 3.51. The fraction of sp³-hybridized carbons (Fsp3) is 0.889. The molecular formula is C9H18N2S2. The van der Waals surface area contributed by atoms with Crippen LogP contribution in [-0.2, 0) is 0 Å². The Morgan fingerprint density at radius 3 is 2.85 bits per heavy atom. The van der Waals surface area contributed by atoms with Gasteiger partial charge in [-0.3, -0.25) is 4.90 Å². The first-order chi connectivity index (χ1) is 6.16. The van der Waals surface area contributed by atoms with E-state index in [4.69, 9.17) is 18.0 Å². The van der Waals surface area contributed by atoms with Gasteiger partial charge >= 0.3 is 0 Å². The summed E-state index contributed by atoms with van der Waals surface area (Å²) in [4.78, 5) is 2.99. The standard InChI is InChI=1S/C9H18N2S2/c1-3-8(9(10)12)11(2)7-4-5-13-6-7/h7-8H,3-6H2,1-2H3,(H2,10,12). The molecule has 0 radical (unpaired) electrons. The molecule has 2 N–H and O–H groups in total. The van der Waals surface area contributed by atoms with Crippen LogP contribution in [0.25, 0.3) is 0 Å². The van der Waals surface area contributed by atoms with Crippen molar-refractivity contribution < 1.29 is 0 Å². The lowest BCUT2D eigenvalue weighted by atomic mass is 10.1. The highest BCUT2D eigenvalue weighted by molar-refractivity contribution is 7.99. The zero-order valence-corrected chi connectivity index (χ0v) is 9.96. The first kappa shape index (κ1) is 11.3. The van der Waals surface area contributed by atoms with Crippen LogP contribution < -0.4 is 5.73 Å². The van der Waals surface area contributed by atoms with Crippen LogP contribution in [0.4, 0.5) is 0 Å². The average molecular weight is 218 g/mol. The van der Waals surface area contributed by atoms with Gasteiger partial charge in [0, 0.05) is 11.8 Å². The molecule has 0 aromatic heterocycles. The molecule has 1 aliphatic heterocycles. The Hall–Kier alpha value is 0.200. The van der Waals surface area contributed by atoms with Crippen molar-refractivity contribution in [2.75, 3.05) is 18.6 Å². The third-order valence-electron chi connectivity index (χ3n) is 2.69. The highest BCUT2D eigenvalue weighted by Crippen LogP contribution is 2.23. The smallest absolute Gasteiger partial charge is 0.0901 e. The van der Waals surface area contributed by atoms with Gasteiger partial charge in [0.1, 0.15) is 0 Å². The number of rotatable bonds is 4. The summed E-state index contributed by atoms with van der Waals surface area (Å²) in [5, 5.41) is 0. The lowest BCUT2D eigenvalue weighted by Gasteiger charge is -2.31. The van der Waals surface area contributed by atoms with Crippen molar-refractivity contribution in [3.63, 3.8) is 0 Å². The fourth-order valence-electron chi connectivity index (χ4n) is 1.79. The molecule has 0 aliphatic carbocycles. The quantitative estimate of drug-likeness (QED) is 0.724. The van der Waals surface area contributed by atoms with Crippen molar-refractivity contribution in [3.8, 4) is 0 Å². The number of likely N-dealkylation sites (N-methyl/N-ethyl adjacent to an activating group) is 1. The van der Waals surface area contributed by atoms with Gasteiger partial charge in [-0.25, -0.2) is 0 Å². The summed E-state index contributed by atoms with van der Waals surface area (Å²) in [6, 6.07) is 0.968. The van der Waals surface area contributed by atoms with Gasteiger partial charge in [0.25, 0.3) is 0 Å². The first-order valence-electron chi connectivity index (χ1n) is 4.75. The van der Waals surface area contributed by atoms with E-state index in [1.165, 1.54) is 17.9 Å². The van der Waals surface area contributed by atoms with Crippen molar-refractivity contribution in [1.82, 2.24) is 4.90 Å². The molecule has 1 aliphatic rings. The fourth-order valence-corrected chi connectivity index (χ4v) is 3.40. The minimum Gasteiger partial charge on any atom is -0.392 e. The van der Waals surface area contributed by atoms with Gasteiger partial charge < -0.3 is 5.73 Å². The van der Waals surface area contributed by atoms with E-state index >= 15 is 0 Å². The Labute approximate surface area is 90.2 Å². The van der Waals surface area contributed by atoms with E-state index in [0.717, 1.165) is 6.42 Å². The molecule has 13 heavy (non-hydrogen) atoms. The second-order valence-corrected chi connectivity index (χ2v) is 5.13. The predicted molar refractivity (Wildman–Crippen MR) is 64.4 cm³/mol. The normalized spacial score (nSPS) is 25.0. The van der Waals surface area contributed by atoms with E-state index in [1.54, 1.807) is 0 Å². The Morgan fingerprint density at radius 1 is 1.77 bits per heavy atom. The topological polar surface area (TPSA) is 29.3 Å². The van der Waals surface area contributed by atoms with Crippen molar-refractivity contribution in [1.29, 1.82) is 0 Å². The second kappa shape index (κ2) is 5.17. The Morgan fingerprint density at radius 2 is 2.46 bits per heavy atom. The molecule has 0 saturated carbocycles. The molecule has 1 heterocycles. The maximum Gasteiger partial charge on any atom is 0.0901 e. The Balaban J connectivity index is 2.51. The summed E-state index contributed by atoms with van der Waals surface area (Å²) in [5.41, 5.74) is 5.70. The van der Waals surface area contributed by atoms with Crippen LogP contribution in [-0.4, -0.2) is 40.5 Å². The highest BCUT2D eigenvalue weighted by Gasteiger charge is 2.26. The maximum atomic E-state index is 5.70. The zero-order valence-electron chi connectivity index (χ0n) is 8.32. The minimum atomic E-state index is 0.290. The molecule has 0 amide bonds. The molecule has 76 valence electrons. The molecule has 1 fully saturated rings. The third-order valence-corrected chi connectivity index (χ3v) is 4.11. The summed E-state index contributed by atoms with van der Waals surface area (Å²) in [5.74, 6) is 2.51. The molecule has 2 atom stereocenters. The van der Waals surface area contributed by atoms with Crippen LogP contribution in [0.1, 0.15) is 19.8 Å². The van der Waals surface area contributed by atoms with Crippen LogP contribution in [0.3, 0.4) is 0 Å². The van der Waals surface area contributed by atoms with E-state index in [0.29, 0.717) is 17.1 Å². The molecule has 0 aromatic carbocycles. The van der Waals surface area contributed by atoms with Gasteiger partial charge in [-0.1, -0.05) is 19.1 Å². The number of thiocarbonyl (C=S) groups is 1. The number of hydrogen-bond acceptors (Lipinski definition) is 3. The van der Waals surface area contributed by atoms with Crippen molar-refractivity contribution in [2.24, 2.45) is 5.73 Å². The summed E-state index contributed by atoms with van der Waals surface area (Å²) in [7, 11) is 2.14. The zero-order chi connectivity index (χ0) is 9.84. The SMILES string of the molecule is CCC(C(N)=S)N(C)C1CCSC1. The molecule has 1 saturated heterocycles. The minimum absolute atomic E-state index is 0.290. The average Bonchev–Trinajstić information content (AvgIpc) is 2.56. The summed E-state index contributed by atoms with van der Waals surface area (Å²) >= 11 is 7.08. The molecule has 0 aromatic rings. The van der Waals surface area contributed by atoms with Crippen LogP contribution in [0.15, 0.2) is 0 Å². The van der Waals surface area contributed by atoms with E-state index < -0.39 is 0 Å². The van der Waals surface area contributed by atoms with Crippen LogP contribution in [0.2, 0.25) is 0 Å². The monoisotopic (exact) mass is 218 g/mol. The predicted octanol–water partition coefficient (Wildman–Crippen LogP) is 1.49. The summed E-state index contributed by atoms with van der Waals surface area (Å²) in [6.07, 6.45) is 2.30. The summed E-state index contributed by atoms with van der Waals surface area (Å²) < 4.78 is 0.